The maximum absolute atomic E-state index is 10.8. The highest BCUT2D eigenvalue weighted by Crippen LogP contribution is 2.43. The van der Waals surface area contributed by atoms with Crippen LogP contribution in [0.3, 0.4) is 0 Å². The third kappa shape index (κ3) is 2.90. The zero-order valence-corrected chi connectivity index (χ0v) is 14.3. The van der Waals surface area contributed by atoms with Crippen molar-refractivity contribution in [3.63, 3.8) is 0 Å². The average molecular weight is 371 g/mol. The molecule has 0 amide bonds. The monoisotopic (exact) mass is 371 g/mol. The lowest BCUT2D eigenvalue weighted by Crippen LogP contribution is -2.33. The zero-order valence-electron chi connectivity index (χ0n) is 13.4. The van der Waals surface area contributed by atoms with Crippen LogP contribution in [0, 0.1) is 0 Å². The van der Waals surface area contributed by atoms with Crippen LogP contribution in [0.5, 0.6) is 0 Å². The molecule has 2 aromatic heterocycles. The lowest BCUT2D eigenvalue weighted by molar-refractivity contribution is -0.198. The van der Waals surface area contributed by atoms with Crippen molar-refractivity contribution in [3.05, 3.63) is 12.7 Å². The van der Waals surface area contributed by atoms with Gasteiger partial charge in [0.25, 0.3) is 0 Å². The van der Waals surface area contributed by atoms with Crippen LogP contribution in [0.25, 0.3) is 11.2 Å². The van der Waals surface area contributed by atoms with Gasteiger partial charge in [-0.15, -0.1) is 0 Å². The first-order valence-corrected chi connectivity index (χ1v) is 8.57. The molecule has 3 N–H and O–H groups in total. The maximum atomic E-state index is 10.8. The molecule has 25 heavy (non-hydrogen) atoms. The summed E-state index contributed by atoms with van der Waals surface area (Å²) in [5.74, 6) is -0.559. The number of rotatable bonds is 4. The molecule has 2 saturated heterocycles. The minimum Gasteiger partial charge on any atom is -0.382 e. The molecule has 4 heterocycles. The van der Waals surface area contributed by atoms with Gasteiger partial charge in [-0.05, 0) is 13.8 Å². The van der Waals surface area contributed by atoms with Gasteiger partial charge in [-0.3, -0.25) is 13.3 Å². The van der Waals surface area contributed by atoms with E-state index in [9.17, 15) is 4.21 Å². The van der Waals surface area contributed by atoms with Gasteiger partial charge in [0.15, 0.2) is 23.5 Å². The average Bonchev–Trinajstić information content (AvgIpc) is 3.17. The number of aromatic nitrogens is 4. The van der Waals surface area contributed by atoms with Crippen molar-refractivity contribution in [1.82, 2.24) is 19.5 Å². The second kappa shape index (κ2) is 5.93. The largest absolute Gasteiger partial charge is 0.382 e. The smallest absolute Gasteiger partial charge is 0.301 e. The number of hydrogen-bond donors (Lipinski definition) is 2. The van der Waals surface area contributed by atoms with Gasteiger partial charge in [0.05, 0.1) is 12.9 Å². The first-order chi connectivity index (χ1) is 11.9. The molecule has 4 rings (SSSR count). The molecule has 0 saturated carbocycles. The molecule has 2 aliphatic heterocycles. The normalized spacial score (nSPS) is 32.1. The minimum absolute atomic E-state index is 0.121. The molecule has 11 nitrogen and oxygen atoms in total. The Hall–Kier alpha value is -1.70. The van der Waals surface area contributed by atoms with E-state index < -0.39 is 41.7 Å². The van der Waals surface area contributed by atoms with E-state index in [1.165, 1.54) is 6.33 Å². The van der Waals surface area contributed by atoms with Crippen molar-refractivity contribution in [2.75, 3.05) is 12.3 Å². The van der Waals surface area contributed by atoms with Crippen LogP contribution in [0.1, 0.15) is 20.1 Å². The summed E-state index contributed by atoms with van der Waals surface area (Å²) in [6.45, 7) is 3.46. The van der Waals surface area contributed by atoms with Crippen molar-refractivity contribution in [1.29, 1.82) is 0 Å². The summed E-state index contributed by atoms with van der Waals surface area (Å²) in [5.41, 5.74) is 6.77. The molecule has 5 atom stereocenters. The van der Waals surface area contributed by atoms with E-state index in [4.69, 9.17) is 28.7 Å². The maximum Gasteiger partial charge on any atom is 0.301 e. The van der Waals surface area contributed by atoms with E-state index in [0.29, 0.717) is 11.2 Å². The summed E-state index contributed by atoms with van der Waals surface area (Å²) in [6.07, 6.45) is 0.744. The number of nitrogens with two attached hydrogens (primary N) is 1. The third-order valence-electron chi connectivity index (χ3n) is 4.12. The van der Waals surface area contributed by atoms with Crippen molar-refractivity contribution in [2.24, 2.45) is 0 Å². The molecule has 2 aliphatic rings. The number of nitrogen functional groups attached to an aromatic ring is 1. The van der Waals surface area contributed by atoms with E-state index in [0.717, 1.165) is 0 Å². The fourth-order valence-corrected chi connectivity index (χ4v) is 3.45. The highest BCUT2D eigenvalue weighted by Gasteiger charge is 2.56. The highest BCUT2D eigenvalue weighted by molar-refractivity contribution is 7.74. The van der Waals surface area contributed by atoms with Crippen molar-refractivity contribution < 1.29 is 27.2 Å². The fraction of sp³-hybridized carbons (Fsp3) is 0.615. The standard InChI is InChI=1S/C13H17N5O6S/c1-13(2)23-8-6(3-21-25(19)20)22-12(9(8)24-13)18-5-17-7-10(14)15-4-16-11(7)18/h4-6,8-9,12H,3H2,1-2H3,(H,19,20)(H2,14,15,16)/t6-,8-,9-,12-/m1/s1. The molecule has 2 aromatic rings. The van der Waals surface area contributed by atoms with Gasteiger partial charge < -0.3 is 19.9 Å². The van der Waals surface area contributed by atoms with E-state index in [2.05, 4.69) is 15.0 Å². The quantitative estimate of drug-likeness (QED) is 0.703. The van der Waals surface area contributed by atoms with E-state index in [1.807, 2.05) is 0 Å². The molecule has 0 aromatic carbocycles. The molecule has 0 spiro atoms. The fourth-order valence-electron chi connectivity index (χ4n) is 3.20. The van der Waals surface area contributed by atoms with Gasteiger partial charge in [0.1, 0.15) is 30.2 Å². The lowest BCUT2D eigenvalue weighted by atomic mass is 10.1. The molecule has 0 bridgehead atoms. The van der Waals surface area contributed by atoms with E-state index in [1.54, 1.807) is 24.7 Å². The number of hydrogen-bond acceptors (Lipinski definition) is 9. The van der Waals surface area contributed by atoms with Gasteiger partial charge in [0.2, 0.25) is 0 Å². The van der Waals surface area contributed by atoms with Crippen LogP contribution < -0.4 is 5.73 Å². The SMILES string of the molecule is CC1(C)O[C@@H]2[C@H](O1)[C@@H](COS(=O)O)O[C@H]2n1cnc2c(N)ncnc21. The Kier molecular flexibility index (Phi) is 3.97. The highest BCUT2D eigenvalue weighted by atomic mass is 32.2. The van der Waals surface area contributed by atoms with Gasteiger partial charge in [-0.25, -0.2) is 15.0 Å². The second-order valence-corrected chi connectivity index (χ2v) is 6.88. The van der Waals surface area contributed by atoms with Gasteiger partial charge >= 0.3 is 11.4 Å². The predicted octanol–water partition coefficient (Wildman–Crippen LogP) is -0.0207. The van der Waals surface area contributed by atoms with Crippen LogP contribution in [-0.4, -0.2) is 59.0 Å². The number of fused-ring (bicyclic) bond motifs is 2. The topological polar surface area (TPSA) is 144 Å². The van der Waals surface area contributed by atoms with Crippen molar-refractivity contribution in [2.45, 2.75) is 44.2 Å². The summed E-state index contributed by atoms with van der Waals surface area (Å²) < 4.78 is 43.9. The predicted molar refractivity (Wildman–Crippen MR) is 84.2 cm³/mol. The summed E-state index contributed by atoms with van der Waals surface area (Å²) in [5, 5.41) is 0. The number of anilines is 1. The number of nitrogens with zero attached hydrogens (tertiary/aromatic N) is 4. The lowest BCUT2D eigenvalue weighted by Gasteiger charge is -2.24. The first-order valence-electron chi connectivity index (χ1n) is 7.54. The van der Waals surface area contributed by atoms with Gasteiger partial charge in [0, 0.05) is 0 Å². The Morgan fingerprint density at radius 3 is 2.88 bits per heavy atom. The first kappa shape index (κ1) is 16.8. The Bertz CT molecular complexity index is 828. The number of ether oxygens (including phenoxy) is 3. The summed E-state index contributed by atoms with van der Waals surface area (Å²) in [4.78, 5) is 12.4. The molecule has 12 heteroatoms. The molecule has 2 fully saturated rings. The van der Waals surface area contributed by atoms with Crippen molar-refractivity contribution in [3.8, 4) is 0 Å². The van der Waals surface area contributed by atoms with Crippen LogP contribution in [0.4, 0.5) is 5.82 Å². The summed E-state index contributed by atoms with van der Waals surface area (Å²) in [6, 6.07) is 0. The van der Waals surface area contributed by atoms with E-state index >= 15 is 0 Å². The molecule has 0 aliphatic carbocycles. The molecule has 1 unspecified atom stereocenters. The van der Waals surface area contributed by atoms with Crippen LogP contribution in [-0.2, 0) is 29.8 Å². The Morgan fingerprint density at radius 2 is 2.12 bits per heavy atom. The van der Waals surface area contributed by atoms with Crippen LogP contribution >= 0.6 is 0 Å². The van der Waals surface area contributed by atoms with Crippen molar-refractivity contribution >= 4 is 28.3 Å². The molecule has 0 radical (unpaired) electrons. The third-order valence-corrected chi connectivity index (χ3v) is 4.46. The summed E-state index contributed by atoms with van der Waals surface area (Å²) in [7, 11) is 0. The molecule has 136 valence electrons. The molecular weight excluding hydrogens is 354 g/mol. The Balaban J connectivity index is 1.68. The Morgan fingerprint density at radius 1 is 1.36 bits per heavy atom. The van der Waals surface area contributed by atoms with Gasteiger partial charge in [-0.2, -0.15) is 4.21 Å². The minimum atomic E-state index is -2.39. The molecular formula is C13H17N5O6S. The van der Waals surface area contributed by atoms with E-state index in [-0.39, 0.29) is 12.4 Å². The zero-order chi connectivity index (χ0) is 17.8. The van der Waals surface area contributed by atoms with Gasteiger partial charge in [-0.1, -0.05) is 0 Å². The summed E-state index contributed by atoms with van der Waals surface area (Å²) >= 11 is -2.39. The Labute approximate surface area is 144 Å². The number of imidazole rings is 1. The van der Waals surface area contributed by atoms with Crippen LogP contribution in [0.15, 0.2) is 12.7 Å². The second-order valence-electron chi connectivity index (χ2n) is 6.21. The van der Waals surface area contributed by atoms with Crippen LogP contribution in [0.2, 0.25) is 0 Å².